The van der Waals surface area contributed by atoms with Crippen molar-refractivity contribution in [2.75, 3.05) is 31.1 Å². The van der Waals surface area contributed by atoms with E-state index >= 15 is 0 Å². The summed E-state index contributed by atoms with van der Waals surface area (Å²) in [6.45, 7) is 8.05. The summed E-state index contributed by atoms with van der Waals surface area (Å²) in [7, 11) is 0. The van der Waals surface area contributed by atoms with Gasteiger partial charge in [0.2, 0.25) is 0 Å². The van der Waals surface area contributed by atoms with Crippen LogP contribution < -0.4 is 15.8 Å². The van der Waals surface area contributed by atoms with Crippen LogP contribution >= 0.6 is 0 Å². The van der Waals surface area contributed by atoms with E-state index in [1.165, 1.54) is 0 Å². The number of pyridine rings is 3. The van der Waals surface area contributed by atoms with Crippen LogP contribution in [0.2, 0.25) is 0 Å². The lowest BCUT2D eigenvalue weighted by Gasteiger charge is -2.41. The molecule has 3 aromatic rings. The number of aromatic amines is 1. The molecule has 9 heteroatoms. The predicted molar refractivity (Wildman–Crippen MR) is 135 cm³/mol. The lowest BCUT2D eigenvalue weighted by molar-refractivity contribution is -0.0367. The number of amides is 1. The minimum absolute atomic E-state index is 0.0129. The van der Waals surface area contributed by atoms with Crippen molar-refractivity contribution in [3.8, 4) is 0 Å². The van der Waals surface area contributed by atoms with Crippen LogP contribution in [0.1, 0.15) is 48.3 Å². The van der Waals surface area contributed by atoms with Gasteiger partial charge in [0, 0.05) is 50.5 Å². The summed E-state index contributed by atoms with van der Waals surface area (Å²) >= 11 is 0. The highest BCUT2D eigenvalue weighted by molar-refractivity contribution is 5.92. The zero-order chi connectivity index (χ0) is 24.6. The Morgan fingerprint density at radius 2 is 1.94 bits per heavy atom. The van der Waals surface area contributed by atoms with Crippen LogP contribution in [-0.4, -0.2) is 68.7 Å². The number of aromatic nitrogens is 3. The fraction of sp³-hybridized carbons (Fsp3) is 0.462. The maximum Gasteiger partial charge on any atom is 0.270 e. The van der Waals surface area contributed by atoms with E-state index in [1.54, 1.807) is 19.2 Å². The van der Waals surface area contributed by atoms with Gasteiger partial charge in [0.1, 0.15) is 5.69 Å². The maximum atomic E-state index is 12.4. The normalized spacial score (nSPS) is 22.7. The molecule has 35 heavy (non-hydrogen) atoms. The van der Waals surface area contributed by atoms with Gasteiger partial charge >= 0.3 is 0 Å². The van der Waals surface area contributed by atoms with E-state index in [4.69, 9.17) is 0 Å². The van der Waals surface area contributed by atoms with E-state index in [0.717, 1.165) is 60.6 Å². The number of aliphatic hydroxyl groups is 1. The van der Waals surface area contributed by atoms with Gasteiger partial charge in [0.05, 0.1) is 28.5 Å². The molecule has 1 aliphatic carbocycles. The Kier molecular flexibility index (Phi) is 6.29. The van der Waals surface area contributed by atoms with Crippen LogP contribution in [0.5, 0.6) is 0 Å². The van der Waals surface area contributed by atoms with Gasteiger partial charge in [-0.3, -0.25) is 19.5 Å². The third kappa shape index (κ3) is 5.21. The molecule has 0 radical (unpaired) electrons. The number of rotatable bonds is 6. The Bertz CT molecular complexity index is 1270. The van der Waals surface area contributed by atoms with Gasteiger partial charge in [-0.05, 0) is 56.0 Å². The molecule has 184 valence electrons. The molecule has 4 heterocycles. The van der Waals surface area contributed by atoms with Crippen molar-refractivity contribution < 1.29 is 9.90 Å². The lowest BCUT2D eigenvalue weighted by Crippen LogP contribution is -2.53. The summed E-state index contributed by atoms with van der Waals surface area (Å²) in [6.07, 6.45) is 5.50. The summed E-state index contributed by atoms with van der Waals surface area (Å²) < 4.78 is 0. The van der Waals surface area contributed by atoms with Crippen molar-refractivity contribution in [1.29, 1.82) is 0 Å². The van der Waals surface area contributed by atoms with Crippen LogP contribution in [0.4, 0.5) is 5.69 Å². The molecule has 0 spiro atoms. The topological polar surface area (TPSA) is 114 Å². The van der Waals surface area contributed by atoms with Gasteiger partial charge in [-0.1, -0.05) is 6.92 Å². The van der Waals surface area contributed by atoms with Gasteiger partial charge in [-0.25, -0.2) is 4.98 Å². The number of carbonyl (C=O) groups excluding carboxylic acids is 1. The lowest BCUT2D eigenvalue weighted by atomic mass is 9.77. The van der Waals surface area contributed by atoms with Crippen LogP contribution in [0.25, 0.3) is 11.0 Å². The summed E-state index contributed by atoms with van der Waals surface area (Å²) in [6, 6.07) is 7.62. The van der Waals surface area contributed by atoms with Crippen molar-refractivity contribution in [2.24, 2.45) is 0 Å². The summed E-state index contributed by atoms with van der Waals surface area (Å²) in [4.78, 5) is 41.1. The number of anilines is 1. The zero-order valence-corrected chi connectivity index (χ0v) is 20.3. The second-order valence-corrected chi connectivity index (χ2v) is 9.99. The standard InChI is InChI=1S/C26H32N6O3/c1-3-18-11-22-23(30-24(18)33)10-17(14-27-22)16-31-6-8-32(9-7-31)20-4-5-21(28-15-20)25(34)29-19-12-26(2,35)13-19/h4-5,10-11,14-15,19,35H,3,6-9,12-13,16H2,1-2H3,(H,29,34)(H,30,33)/t19-,26+. The first-order valence-corrected chi connectivity index (χ1v) is 12.3. The number of hydrogen-bond donors (Lipinski definition) is 3. The number of nitrogens with one attached hydrogen (secondary N) is 2. The van der Waals surface area contributed by atoms with E-state index in [0.29, 0.717) is 25.0 Å². The highest BCUT2D eigenvalue weighted by Gasteiger charge is 2.39. The fourth-order valence-electron chi connectivity index (χ4n) is 5.01. The third-order valence-electron chi connectivity index (χ3n) is 7.04. The van der Waals surface area contributed by atoms with Crippen LogP contribution in [0.15, 0.2) is 41.5 Å². The first kappa shape index (κ1) is 23.4. The van der Waals surface area contributed by atoms with Gasteiger partial charge in [0.25, 0.3) is 11.5 Å². The average Bonchev–Trinajstić information content (AvgIpc) is 2.83. The van der Waals surface area contributed by atoms with Crippen molar-refractivity contribution in [2.45, 2.75) is 51.3 Å². The van der Waals surface area contributed by atoms with Crippen LogP contribution in [0, 0.1) is 0 Å². The second kappa shape index (κ2) is 9.39. The molecule has 5 rings (SSSR count). The molecule has 9 nitrogen and oxygen atoms in total. The summed E-state index contributed by atoms with van der Waals surface area (Å²) in [5.74, 6) is -0.196. The molecule has 3 N–H and O–H groups in total. The average molecular weight is 477 g/mol. The van der Waals surface area contributed by atoms with E-state index in [1.807, 2.05) is 31.3 Å². The minimum atomic E-state index is -0.667. The quantitative estimate of drug-likeness (QED) is 0.497. The molecule has 0 unspecified atom stereocenters. The Morgan fingerprint density at radius 1 is 1.17 bits per heavy atom. The predicted octanol–water partition coefficient (Wildman–Crippen LogP) is 1.85. The molecular weight excluding hydrogens is 444 g/mol. The SMILES string of the molecule is CCc1cc2ncc(CN3CCN(c4ccc(C(=O)N[C@H]5C[C@@](C)(O)C5)nc4)CC3)cc2[nH]c1=O. The molecule has 1 saturated carbocycles. The van der Waals surface area contributed by atoms with E-state index < -0.39 is 5.60 Å². The zero-order valence-electron chi connectivity index (χ0n) is 20.3. The largest absolute Gasteiger partial charge is 0.390 e. The Balaban J connectivity index is 1.15. The first-order chi connectivity index (χ1) is 16.8. The number of carbonyl (C=O) groups is 1. The molecule has 0 bridgehead atoms. The van der Waals surface area contributed by atoms with Crippen molar-refractivity contribution in [3.05, 3.63) is 63.8 Å². The molecule has 1 aliphatic heterocycles. The molecule has 2 aliphatic rings. The molecule has 1 amide bonds. The van der Waals surface area contributed by atoms with Crippen molar-refractivity contribution in [1.82, 2.24) is 25.2 Å². The number of hydrogen-bond acceptors (Lipinski definition) is 7. The molecular formula is C26H32N6O3. The smallest absolute Gasteiger partial charge is 0.270 e. The number of piperazine rings is 1. The van der Waals surface area contributed by atoms with E-state index in [2.05, 4.69) is 30.1 Å². The fourth-order valence-corrected chi connectivity index (χ4v) is 5.01. The van der Waals surface area contributed by atoms with Gasteiger partial charge in [-0.15, -0.1) is 0 Å². The summed E-state index contributed by atoms with van der Waals surface area (Å²) in [5, 5.41) is 12.8. The number of nitrogens with zero attached hydrogens (tertiary/aromatic N) is 4. The van der Waals surface area contributed by atoms with E-state index in [-0.39, 0.29) is 17.5 Å². The molecule has 3 aromatic heterocycles. The van der Waals surface area contributed by atoms with Crippen molar-refractivity contribution in [3.63, 3.8) is 0 Å². The Morgan fingerprint density at radius 3 is 2.60 bits per heavy atom. The van der Waals surface area contributed by atoms with E-state index in [9.17, 15) is 14.7 Å². The van der Waals surface area contributed by atoms with Gasteiger partial charge < -0.3 is 20.3 Å². The Labute approximate surface area is 204 Å². The van der Waals surface area contributed by atoms with Crippen LogP contribution in [-0.2, 0) is 13.0 Å². The monoisotopic (exact) mass is 476 g/mol. The Hall–Kier alpha value is -3.30. The van der Waals surface area contributed by atoms with Crippen molar-refractivity contribution >= 4 is 22.6 Å². The molecule has 2 fully saturated rings. The number of H-pyrrole nitrogens is 1. The summed E-state index contributed by atoms with van der Waals surface area (Å²) in [5.41, 5.74) is 4.12. The highest BCUT2D eigenvalue weighted by atomic mass is 16.3. The van der Waals surface area contributed by atoms with Gasteiger partial charge in [-0.2, -0.15) is 0 Å². The molecule has 0 aromatic carbocycles. The first-order valence-electron chi connectivity index (χ1n) is 12.3. The number of fused-ring (bicyclic) bond motifs is 1. The third-order valence-corrected chi connectivity index (χ3v) is 7.04. The van der Waals surface area contributed by atoms with Crippen LogP contribution in [0.3, 0.4) is 0 Å². The molecule has 0 atom stereocenters. The molecule has 1 saturated heterocycles. The second-order valence-electron chi connectivity index (χ2n) is 9.99. The minimum Gasteiger partial charge on any atom is -0.390 e. The number of aryl methyl sites for hydroxylation is 1. The highest BCUT2D eigenvalue weighted by Crippen LogP contribution is 2.31. The van der Waals surface area contributed by atoms with Gasteiger partial charge in [0.15, 0.2) is 0 Å². The maximum absolute atomic E-state index is 12.4.